The maximum atomic E-state index is 12.0. The summed E-state index contributed by atoms with van der Waals surface area (Å²) in [6, 6.07) is 11.5. The van der Waals surface area contributed by atoms with Gasteiger partial charge in [-0.1, -0.05) is 43.4 Å². The van der Waals surface area contributed by atoms with E-state index in [2.05, 4.69) is 29.4 Å². The van der Waals surface area contributed by atoms with E-state index in [1.807, 2.05) is 12.1 Å². The van der Waals surface area contributed by atoms with Crippen LogP contribution in [0.5, 0.6) is 0 Å². The molecule has 2 aromatic rings. The Morgan fingerprint density at radius 1 is 1.19 bits per heavy atom. The molecular weight excluding hydrogens is 282 g/mol. The van der Waals surface area contributed by atoms with Gasteiger partial charge in [0.2, 0.25) is 0 Å². The third kappa shape index (κ3) is 4.10. The lowest BCUT2D eigenvalue weighted by atomic mass is 10.1. The lowest BCUT2D eigenvalue weighted by molar-refractivity contribution is 0.0946. The summed E-state index contributed by atoms with van der Waals surface area (Å²) in [4.78, 5) is 16.3. The van der Waals surface area contributed by atoms with Crippen LogP contribution in [-0.2, 0) is 13.0 Å². The van der Waals surface area contributed by atoms with Crippen molar-refractivity contribution in [2.75, 3.05) is 0 Å². The second-order valence-electron chi connectivity index (χ2n) is 4.65. The van der Waals surface area contributed by atoms with E-state index in [0.29, 0.717) is 17.8 Å². The zero-order chi connectivity index (χ0) is 15.2. The van der Waals surface area contributed by atoms with E-state index in [1.54, 1.807) is 12.1 Å². The molecule has 0 unspecified atom stereocenters. The highest BCUT2D eigenvalue weighted by molar-refractivity contribution is 7.80. The van der Waals surface area contributed by atoms with Gasteiger partial charge in [-0.15, -0.1) is 0 Å². The molecule has 0 fully saturated rings. The predicted octanol–water partition coefficient (Wildman–Crippen LogP) is 2.21. The Kier molecular flexibility index (Phi) is 5.00. The average Bonchev–Trinajstić information content (AvgIpc) is 2.53. The number of hydrogen-bond acceptors (Lipinski definition) is 3. The van der Waals surface area contributed by atoms with Crippen LogP contribution < -0.4 is 11.1 Å². The molecule has 3 N–H and O–H groups in total. The zero-order valence-electron chi connectivity index (χ0n) is 11.8. The molecule has 21 heavy (non-hydrogen) atoms. The van der Waals surface area contributed by atoms with Gasteiger partial charge in [-0.2, -0.15) is 0 Å². The number of rotatable bonds is 5. The largest absolute Gasteiger partial charge is 0.389 e. The summed E-state index contributed by atoms with van der Waals surface area (Å²) < 4.78 is 0. The number of hydrogen-bond donors (Lipinski definition) is 2. The minimum Gasteiger partial charge on any atom is -0.389 e. The van der Waals surface area contributed by atoms with Crippen LogP contribution in [0.3, 0.4) is 0 Å². The van der Waals surface area contributed by atoms with Gasteiger partial charge in [0, 0.05) is 18.3 Å². The standard InChI is InChI=1S/C16H17N3OS/c1-2-11-3-5-12(6-4-11)9-19-16(20)14-8-7-13(10-18-14)15(17)21/h3-8,10H,2,9H2,1H3,(H2,17,21)(H,19,20). The number of carbonyl (C=O) groups excluding carboxylic acids is 1. The first-order valence-corrected chi connectivity index (χ1v) is 7.13. The normalized spacial score (nSPS) is 10.1. The molecule has 0 aliphatic heterocycles. The van der Waals surface area contributed by atoms with Gasteiger partial charge in [0.05, 0.1) is 0 Å². The molecule has 108 valence electrons. The van der Waals surface area contributed by atoms with Gasteiger partial charge >= 0.3 is 0 Å². The van der Waals surface area contributed by atoms with Gasteiger partial charge in [-0.05, 0) is 29.7 Å². The number of benzene rings is 1. The summed E-state index contributed by atoms with van der Waals surface area (Å²) in [7, 11) is 0. The first-order chi connectivity index (χ1) is 10.1. The number of pyridine rings is 1. The van der Waals surface area contributed by atoms with Crippen molar-refractivity contribution in [3.63, 3.8) is 0 Å². The highest BCUT2D eigenvalue weighted by Gasteiger charge is 2.07. The minimum atomic E-state index is -0.218. The number of nitrogens with zero attached hydrogens (tertiary/aromatic N) is 1. The molecule has 4 nitrogen and oxygen atoms in total. The van der Waals surface area contributed by atoms with E-state index in [9.17, 15) is 4.79 Å². The number of aromatic nitrogens is 1. The first-order valence-electron chi connectivity index (χ1n) is 6.72. The van der Waals surface area contributed by atoms with Crippen LogP contribution in [0.2, 0.25) is 0 Å². The average molecular weight is 299 g/mol. The van der Waals surface area contributed by atoms with E-state index in [4.69, 9.17) is 18.0 Å². The lowest BCUT2D eigenvalue weighted by Crippen LogP contribution is -2.24. The Hall–Kier alpha value is -2.27. The van der Waals surface area contributed by atoms with Crippen molar-refractivity contribution in [1.29, 1.82) is 0 Å². The molecule has 1 aromatic heterocycles. The maximum Gasteiger partial charge on any atom is 0.270 e. The maximum absolute atomic E-state index is 12.0. The zero-order valence-corrected chi connectivity index (χ0v) is 12.6. The van der Waals surface area contributed by atoms with E-state index >= 15 is 0 Å². The smallest absolute Gasteiger partial charge is 0.270 e. The van der Waals surface area contributed by atoms with Crippen molar-refractivity contribution in [3.05, 3.63) is 65.0 Å². The van der Waals surface area contributed by atoms with Crippen molar-refractivity contribution < 1.29 is 4.79 Å². The lowest BCUT2D eigenvalue weighted by Gasteiger charge is -2.06. The number of amides is 1. The van der Waals surface area contributed by atoms with Gasteiger partial charge in [-0.3, -0.25) is 9.78 Å². The second-order valence-corrected chi connectivity index (χ2v) is 5.09. The summed E-state index contributed by atoms with van der Waals surface area (Å²) in [6.07, 6.45) is 2.51. The second kappa shape index (κ2) is 6.95. The summed E-state index contributed by atoms with van der Waals surface area (Å²) >= 11 is 4.84. The van der Waals surface area contributed by atoms with E-state index in [0.717, 1.165) is 12.0 Å². The molecule has 0 aliphatic carbocycles. The molecule has 0 radical (unpaired) electrons. The van der Waals surface area contributed by atoms with E-state index in [1.165, 1.54) is 11.8 Å². The topological polar surface area (TPSA) is 68.0 Å². The van der Waals surface area contributed by atoms with Gasteiger partial charge in [0.15, 0.2) is 0 Å². The first kappa shape index (κ1) is 15.1. The highest BCUT2D eigenvalue weighted by atomic mass is 32.1. The van der Waals surface area contributed by atoms with Crippen molar-refractivity contribution in [1.82, 2.24) is 10.3 Å². The van der Waals surface area contributed by atoms with Crippen LogP contribution in [0, 0.1) is 0 Å². The molecule has 0 aliphatic rings. The fourth-order valence-corrected chi connectivity index (χ4v) is 1.96. The van der Waals surface area contributed by atoms with Gasteiger partial charge in [0.25, 0.3) is 5.91 Å². The Labute approximate surface area is 129 Å². The SMILES string of the molecule is CCc1ccc(CNC(=O)c2ccc(C(N)=S)cn2)cc1. The third-order valence-corrected chi connectivity index (χ3v) is 3.40. The number of nitrogens with one attached hydrogen (secondary N) is 1. The van der Waals surface area contributed by atoms with Crippen molar-refractivity contribution in [3.8, 4) is 0 Å². The van der Waals surface area contributed by atoms with Crippen molar-refractivity contribution in [2.24, 2.45) is 5.73 Å². The number of nitrogens with two attached hydrogens (primary N) is 1. The van der Waals surface area contributed by atoms with Gasteiger partial charge in [0.1, 0.15) is 10.7 Å². The molecule has 5 heteroatoms. The fraction of sp³-hybridized carbons (Fsp3) is 0.188. The van der Waals surface area contributed by atoms with Crippen LogP contribution >= 0.6 is 12.2 Å². The molecule has 1 heterocycles. The van der Waals surface area contributed by atoms with Crippen molar-refractivity contribution >= 4 is 23.1 Å². The van der Waals surface area contributed by atoms with Crippen LogP contribution in [0.1, 0.15) is 34.1 Å². The van der Waals surface area contributed by atoms with Crippen LogP contribution in [0.15, 0.2) is 42.6 Å². The highest BCUT2D eigenvalue weighted by Crippen LogP contribution is 2.05. The molecule has 0 bridgehead atoms. The number of aryl methyl sites for hydroxylation is 1. The molecule has 0 spiro atoms. The van der Waals surface area contributed by atoms with Gasteiger partial charge in [-0.25, -0.2) is 0 Å². The van der Waals surface area contributed by atoms with E-state index < -0.39 is 0 Å². The van der Waals surface area contributed by atoms with Gasteiger partial charge < -0.3 is 11.1 Å². The third-order valence-electron chi connectivity index (χ3n) is 3.16. The molecule has 1 aromatic carbocycles. The molecule has 0 saturated heterocycles. The minimum absolute atomic E-state index is 0.218. The van der Waals surface area contributed by atoms with Crippen LogP contribution in [0.4, 0.5) is 0 Å². The van der Waals surface area contributed by atoms with Crippen molar-refractivity contribution in [2.45, 2.75) is 19.9 Å². The Balaban J connectivity index is 1.95. The van der Waals surface area contributed by atoms with Crippen LogP contribution in [0.25, 0.3) is 0 Å². The quantitative estimate of drug-likeness (QED) is 0.831. The fourth-order valence-electron chi connectivity index (χ4n) is 1.84. The summed E-state index contributed by atoms with van der Waals surface area (Å²) in [5, 5.41) is 2.84. The monoisotopic (exact) mass is 299 g/mol. The van der Waals surface area contributed by atoms with Crippen LogP contribution in [-0.4, -0.2) is 15.9 Å². The molecular formula is C16H17N3OS. The molecule has 0 saturated carbocycles. The Bertz CT molecular complexity index is 636. The summed E-state index contributed by atoms with van der Waals surface area (Å²) in [5.41, 5.74) is 8.82. The summed E-state index contributed by atoms with van der Waals surface area (Å²) in [6.45, 7) is 2.58. The van der Waals surface area contributed by atoms with E-state index in [-0.39, 0.29) is 10.9 Å². The number of carbonyl (C=O) groups is 1. The molecule has 0 atom stereocenters. The Morgan fingerprint density at radius 3 is 2.38 bits per heavy atom. The summed E-state index contributed by atoms with van der Waals surface area (Å²) in [5.74, 6) is -0.218. The Morgan fingerprint density at radius 2 is 1.86 bits per heavy atom. The molecule has 1 amide bonds. The molecule has 2 rings (SSSR count). The number of thiocarbonyl (C=S) groups is 1. The predicted molar refractivity (Wildman–Crippen MR) is 87.1 cm³/mol.